The van der Waals surface area contributed by atoms with Crippen LogP contribution in [0.1, 0.15) is 18.9 Å². The molecule has 5 nitrogen and oxygen atoms in total. The van der Waals surface area contributed by atoms with Crippen LogP contribution < -0.4 is 10.2 Å². The normalized spacial score (nSPS) is 11.3. The highest BCUT2D eigenvalue weighted by Gasteiger charge is 2.11. The summed E-state index contributed by atoms with van der Waals surface area (Å²) in [5.74, 6) is -0.147. The van der Waals surface area contributed by atoms with E-state index in [0.717, 1.165) is 0 Å². The topological polar surface area (TPSA) is 70.9 Å². The first kappa shape index (κ1) is 19.4. The second-order valence-electron chi connectivity index (χ2n) is 4.95. The van der Waals surface area contributed by atoms with Crippen LogP contribution in [0.2, 0.25) is 15.1 Å². The zero-order chi connectivity index (χ0) is 18.4. The fourth-order valence-corrected chi connectivity index (χ4v) is 2.56. The molecule has 132 valence electrons. The summed E-state index contributed by atoms with van der Waals surface area (Å²) in [7, 11) is 0. The Labute approximate surface area is 160 Å². The van der Waals surface area contributed by atoms with E-state index in [0.29, 0.717) is 22.7 Å². The Morgan fingerprint density at radius 1 is 1.16 bits per heavy atom. The van der Waals surface area contributed by atoms with Crippen LogP contribution in [0.3, 0.4) is 0 Å². The van der Waals surface area contributed by atoms with Crippen molar-refractivity contribution in [3.05, 3.63) is 57.0 Å². The van der Waals surface area contributed by atoms with Gasteiger partial charge in [-0.3, -0.25) is 4.79 Å². The van der Waals surface area contributed by atoms with E-state index in [2.05, 4.69) is 10.5 Å². The smallest absolute Gasteiger partial charge is 0.277 e. The SMILES string of the molecule is CC/C(=N\NC(=O)COc1cc(Cl)c(Cl)cc1Cl)c1ccccc1O. The summed E-state index contributed by atoms with van der Waals surface area (Å²) in [5.41, 5.74) is 3.48. The number of halogens is 3. The maximum Gasteiger partial charge on any atom is 0.277 e. The van der Waals surface area contributed by atoms with Gasteiger partial charge in [-0.2, -0.15) is 5.10 Å². The number of phenolic OH excluding ortho intramolecular Hbond substituents is 1. The molecule has 0 heterocycles. The molecule has 2 aromatic rings. The number of hydrogen-bond donors (Lipinski definition) is 2. The number of carbonyl (C=O) groups excluding carboxylic acids is 1. The maximum atomic E-state index is 11.9. The van der Waals surface area contributed by atoms with Gasteiger partial charge in [0.15, 0.2) is 6.61 Å². The fraction of sp³-hybridized carbons (Fsp3) is 0.176. The lowest BCUT2D eigenvalue weighted by Gasteiger charge is -2.09. The predicted molar refractivity (Wildman–Crippen MR) is 100 cm³/mol. The van der Waals surface area contributed by atoms with Gasteiger partial charge in [-0.15, -0.1) is 0 Å². The highest BCUT2D eigenvalue weighted by atomic mass is 35.5. The van der Waals surface area contributed by atoms with Gasteiger partial charge in [-0.25, -0.2) is 5.43 Å². The molecule has 0 spiro atoms. The molecule has 2 rings (SSSR count). The highest BCUT2D eigenvalue weighted by molar-refractivity contribution is 6.43. The first-order valence-corrected chi connectivity index (χ1v) is 8.46. The standard InChI is InChI=1S/C17H15Cl3N2O3/c1-2-14(10-5-3-4-6-15(10)23)21-22-17(24)9-25-16-8-12(19)11(18)7-13(16)20/h3-8,23H,2,9H2,1H3,(H,22,24)/b21-14+. The number of phenols is 1. The monoisotopic (exact) mass is 400 g/mol. The number of para-hydroxylation sites is 1. The van der Waals surface area contributed by atoms with Gasteiger partial charge in [0.05, 0.1) is 20.8 Å². The van der Waals surface area contributed by atoms with Crippen molar-refractivity contribution in [2.24, 2.45) is 5.10 Å². The van der Waals surface area contributed by atoms with Crippen LogP contribution in [0.15, 0.2) is 41.5 Å². The molecule has 0 aromatic heterocycles. The van der Waals surface area contributed by atoms with Gasteiger partial charge in [0.2, 0.25) is 0 Å². The first-order valence-electron chi connectivity index (χ1n) is 7.33. The van der Waals surface area contributed by atoms with E-state index in [1.165, 1.54) is 12.1 Å². The number of carbonyl (C=O) groups is 1. The minimum atomic E-state index is -0.483. The Balaban J connectivity index is 2.00. The third-order valence-electron chi connectivity index (χ3n) is 3.20. The predicted octanol–water partition coefficient (Wildman–Crippen LogP) is 4.66. The van der Waals surface area contributed by atoms with E-state index >= 15 is 0 Å². The Kier molecular flexibility index (Phi) is 6.93. The molecule has 2 N–H and O–H groups in total. The summed E-state index contributed by atoms with van der Waals surface area (Å²) in [4.78, 5) is 11.9. The number of nitrogens with zero attached hydrogens (tertiary/aromatic N) is 1. The lowest BCUT2D eigenvalue weighted by Crippen LogP contribution is -2.26. The minimum absolute atomic E-state index is 0.0937. The van der Waals surface area contributed by atoms with Crippen LogP contribution in [-0.4, -0.2) is 23.3 Å². The summed E-state index contributed by atoms with van der Waals surface area (Å²) >= 11 is 17.7. The van der Waals surface area contributed by atoms with E-state index in [-0.39, 0.29) is 28.2 Å². The Hall–Kier alpha value is -1.95. The Bertz CT molecular complexity index is 810. The van der Waals surface area contributed by atoms with E-state index < -0.39 is 5.91 Å². The number of aromatic hydroxyl groups is 1. The molecule has 8 heteroatoms. The summed E-state index contributed by atoms with van der Waals surface area (Å²) in [6, 6.07) is 9.62. The number of amides is 1. The van der Waals surface area contributed by atoms with Crippen molar-refractivity contribution in [3.8, 4) is 11.5 Å². The van der Waals surface area contributed by atoms with E-state index in [9.17, 15) is 9.90 Å². The van der Waals surface area contributed by atoms with Gasteiger partial charge in [-0.05, 0) is 24.6 Å². The highest BCUT2D eigenvalue weighted by Crippen LogP contribution is 2.33. The molecule has 0 unspecified atom stereocenters. The lowest BCUT2D eigenvalue weighted by molar-refractivity contribution is -0.123. The van der Waals surface area contributed by atoms with Crippen LogP contribution in [-0.2, 0) is 4.79 Å². The zero-order valence-electron chi connectivity index (χ0n) is 13.2. The molecule has 0 aliphatic heterocycles. The third kappa shape index (κ3) is 5.26. The van der Waals surface area contributed by atoms with Gasteiger partial charge in [0.1, 0.15) is 11.5 Å². The quantitative estimate of drug-likeness (QED) is 0.420. The van der Waals surface area contributed by atoms with Crippen LogP contribution in [0.4, 0.5) is 0 Å². The maximum absolute atomic E-state index is 11.9. The number of benzene rings is 2. The molecule has 0 radical (unpaired) electrons. The zero-order valence-corrected chi connectivity index (χ0v) is 15.5. The van der Waals surface area contributed by atoms with Crippen LogP contribution in [0.5, 0.6) is 11.5 Å². The molecular weight excluding hydrogens is 387 g/mol. The molecule has 0 fully saturated rings. The van der Waals surface area contributed by atoms with Gasteiger partial charge in [-0.1, -0.05) is 53.9 Å². The van der Waals surface area contributed by atoms with Crippen LogP contribution >= 0.6 is 34.8 Å². The molecule has 1 amide bonds. The average Bonchev–Trinajstić information content (AvgIpc) is 2.59. The molecule has 0 saturated heterocycles. The van der Waals surface area contributed by atoms with Crippen molar-refractivity contribution in [3.63, 3.8) is 0 Å². The average molecular weight is 402 g/mol. The molecule has 2 aromatic carbocycles. The lowest BCUT2D eigenvalue weighted by atomic mass is 10.1. The second-order valence-corrected chi connectivity index (χ2v) is 6.17. The molecular formula is C17H15Cl3N2O3. The van der Waals surface area contributed by atoms with E-state index in [4.69, 9.17) is 39.5 Å². The molecule has 0 atom stereocenters. The molecule has 0 bridgehead atoms. The number of rotatable bonds is 6. The summed E-state index contributed by atoms with van der Waals surface area (Å²) in [6.45, 7) is 1.56. The number of nitrogens with one attached hydrogen (secondary N) is 1. The van der Waals surface area contributed by atoms with Crippen molar-refractivity contribution in [2.75, 3.05) is 6.61 Å². The molecule has 25 heavy (non-hydrogen) atoms. The third-order valence-corrected chi connectivity index (χ3v) is 4.22. The fourth-order valence-electron chi connectivity index (χ4n) is 1.97. The molecule has 0 aliphatic carbocycles. The van der Waals surface area contributed by atoms with Gasteiger partial charge in [0, 0.05) is 11.6 Å². The first-order chi connectivity index (χ1) is 11.9. The Morgan fingerprint density at radius 3 is 2.52 bits per heavy atom. The summed E-state index contributed by atoms with van der Waals surface area (Å²) in [6.07, 6.45) is 0.525. The van der Waals surface area contributed by atoms with Crippen LogP contribution in [0.25, 0.3) is 0 Å². The largest absolute Gasteiger partial charge is 0.507 e. The summed E-state index contributed by atoms with van der Waals surface area (Å²) in [5, 5.41) is 14.7. The van der Waals surface area contributed by atoms with Gasteiger partial charge >= 0.3 is 0 Å². The number of hydrazone groups is 1. The van der Waals surface area contributed by atoms with Crippen molar-refractivity contribution in [1.29, 1.82) is 0 Å². The second kappa shape index (κ2) is 8.94. The van der Waals surface area contributed by atoms with E-state index in [1.807, 2.05) is 6.92 Å². The van der Waals surface area contributed by atoms with Crippen molar-refractivity contribution < 1.29 is 14.6 Å². The van der Waals surface area contributed by atoms with Gasteiger partial charge in [0.25, 0.3) is 5.91 Å². The van der Waals surface area contributed by atoms with Crippen molar-refractivity contribution in [1.82, 2.24) is 5.43 Å². The Morgan fingerprint density at radius 2 is 1.84 bits per heavy atom. The van der Waals surface area contributed by atoms with Crippen LogP contribution in [0, 0.1) is 0 Å². The molecule has 0 aliphatic rings. The van der Waals surface area contributed by atoms with E-state index in [1.54, 1.807) is 24.3 Å². The van der Waals surface area contributed by atoms with Crippen molar-refractivity contribution in [2.45, 2.75) is 13.3 Å². The van der Waals surface area contributed by atoms with Crippen molar-refractivity contribution >= 4 is 46.4 Å². The number of ether oxygens (including phenoxy) is 1. The number of hydrogen-bond acceptors (Lipinski definition) is 4. The molecule has 0 saturated carbocycles. The summed E-state index contributed by atoms with van der Waals surface area (Å²) < 4.78 is 5.32. The minimum Gasteiger partial charge on any atom is -0.507 e. The van der Waals surface area contributed by atoms with Gasteiger partial charge < -0.3 is 9.84 Å².